The van der Waals surface area contributed by atoms with Gasteiger partial charge in [-0.15, -0.1) is 11.3 Å². The lowest BCUT2D eigenvalue weighted by Gasteiger charge is -2.33. The van der Waals surface area contributed by atoms with E-state index in [0.717, 1.165) is 45.7 Å². The number of rotatable bonds is 4. The van der Waals surface area contributed by atoms with Crippen molar-refractivity contribution in [3.05, 3.63) is 74.5 Å². The Hall–Kier alpha value is -3.19. The second-order valence-corrected chi connectivity index (χ2v) is 9.64. The van der Waals surface area contributed by atoms with Gasteiger partial charge in [0.05, 0.1) is 42.5 Å². The van der Waals surface area contributed by atoms with Crippen LogP contribution in [-0.4, -0.2) is 28.4 Å². The number of para-hydroxylation sites is 2. The number of aromatic nitrogens is 2. The van der Waals surface area contributed by atoms with E-state index in [1.54, 1.807) is 11.3 Å². The molecule has 0 bridgehead atoms. The molecule has 0 radical (unpaired) electrons. The highest BCUT2D eigenvalue weighted by atomic mass is 32.1. The van der Waals surface area contributed by atoms with E-state index in [1.807, 2.05) is 31.5 Å². The van der Waals surface area contributed by atoms with Gasteiger partial charge in [-0.25, -0.2) is 9.78 Å². The van der Waals surface area contributed by atoms with Crippen LogP contribution in [0.3, 0.4) is 0 Å². The fourth-order valence-electron chi connectivity index (χ4n) is 4.81. The minimum absolute atomic E-state index is 0.117. The fraction of sp³-hybridized carbons (Fsp3) is 0.320. The number of fused-ring (bicyclic) bond motifs is 1. The van der Waals surface area contributed by atoms with Crippen LogP contribution in [-0.2, 0) is 20.9 Å². The highest BCUT2D eigenvalue weighted by Gasteiger charge is 2.39. The average molecular weight is 448 g/mol. The molecule has 3 heterocycles. The van der Waals surface area contributed by atoms with Crippen molar-refractivity contribution < 1.29 is 14.3 Å². The second-order valence-electron chi connectivity index (χ2n) is 8.35. The number of thiophene rings is 1. The van der Waals surface area contributed by atoms with Crippen molar-refractivity contribution in [1.29, 1.82) is 0 Å². The molecule has 1 aliphatic carbocycles. The zero-order chi connectivity index (χ0) is 22.4. The zero-order valence-corrected chi connectivity index (χ0v) is 19.2. The number of hydrogen-bond donors (Lipinski definition) is 1. The van der Waals surface area contributed by atoms with Gasteiger partial charge < -0.3 is 14.6 Å². The molecule has 1 aromatic carbocycles. The summed E-state index contributed by atoms with van der Waals surface area (Å²) >= 11 is 1.65. The molecule has 164 valence electrons. The summed E-state index contributed by atoms with van der Waals surface area (Å²) < 4.78 is 7.25. The Kier molecular flexibility index (Phi) is 5.21. The number of methoxy groups -OCH3 is 1. The van der Waals surface area contributed by atoms with Crippen molar-refractivity contribution in [1.82, 2.24) is 14.9 Å². The third kappa shape index (κ3) is 3.37. The number of ether oxygens (including phenoxy) is 1. The van der Waals surface area contributed by atoms with Crippen LogP contribution in [0, 0.1) is 6.92 Å². The number of dihydropyridines is 1. The van der Waals surface area contributed by atoms with Gasteiger partial charge in [0.15, 0.2) is 5.78 Å². The van der Waals surface area contributed by atoms with E-state index < -0.39 is 5.97 Å². The van der Waals surface area contributed by atoms with E-state index in [1.165, 1.54) is 17.6 Å². The highest BCUT2D eigenvalue weighted by Crippen LogP contribution is 2.45. The first-order chi connectivity index (χ1) is 15.5. The van der Waals surface area contributed by atoms with Gasteiger partial charge in [-0.05, 0) is 50.5 Å². The third-order valence-corrected chi connectivity index (χ3v) is 7.53. The van der Waals surface area contributed by atoms with E-state index in [9.17, 15) is 9.59 Å². The number of Topliss-reactive ketones (excluding diaryl/α,β-unsaturated/α-hetero) is 1. The molecule has 1 unspecified atom stereocenters. The molecule has 6 nitrogen and oxygen atoms in total. The van der Waals surface area contributed by atoms with Crippen LogP contribution in [0.2, 0.25) is 0 Å². The maximum atomic E-state index is 13.0. The molecule has 0 saturated heterocycles. The molecule has 2 aliphatic rings. The zero-order valence-electron chi connectivity index (χ0n) is 18.4. The standard InChI is InChI=1S/C25H25N3O3S/c1-14-22(25(30)31-3)24(23-18(27-14)8-6-10-20(23)29)21-11-16(15(2)32-21)12-28-13-26-17-7-4-5-9-19(17)28/h4-5,7,9,11,13,24,27H,6,8,10,12H2,1-3H3. The molecule has 1 N–H and O–H groups in total. The Morgan fingerprint density at radius 2 is 2.09 bits per heavy atom. The number of carbonyl (C=O) groups is 2. The summed E-state index contributed by atoms with van der Waals surface area (Å²) in [6.45, 7) is 4.67. The number of allylic oxidation sites excluding steroid dienone is 3. The van der Waals surface area contributed by atoms with Crippen molar-refractivity contribution >= 4 is 34.1 Å². The number of nitrogens with zero attached hydrogens (tertiary/aromatic N) is 2. The minimum atomic E-state index is -0.391. The van der Waals surface area contributed by atoms with Crippen LogP contribution in [0.25, 0.3) is 11.0 Å². The van der Waals surface area contributed by atoms with E-state index in [4.69, 9.17) is 4.74 Å². The lowest BCUT2D eigenvalue weighted by Crippen LogP contribution is -2.33. The molecular formula is C25H25N3O3S. The van der Waals surface area contributed by atoms with Gasteiger partial charge in [-0.2, -0.15) is 0 Å². The molecule has 5 rings (SSSR count). The van der Waals surface area contributed by atoms with E-state index in [0.29, 0.717) is 18.5 Å². The van der Waals surface area contributed by atoms with Crippen molar-refractivity contribution in [2.24, 2.45) is 0 Å². The molecule has 0 amide bonds. The van der Waals surface area contributed by atoms with Crippen LogP contribution in [0.5, 0.6) is 0 Å². The molecule has 3 aromatic rings. The first-order valence-electron chi connectivity index (χ1n) is 10.8. The summed E-state index contributed by atoms with van der Waals surface area (Å²) in [5.74, 6) is -0.660. The lowest BCUT2D eigenvalue weighted by molar-refractivity contribution is -0.136. The van der Waals surface area contributed by atoms with Crippen LogP contribution < -0.4 is 5.32 Å². The molecule has 7 heteroatoms. The van der Waals surface area contributed by atoms with Crippen molar-refractivity contribution in [2.45, 2.75) is 45.6 Å². The van der Waals surface area contributed by atoms with Gasteiger partial charge in [0, 0.05) is 33.1 Å². The predicted octanol–water partition coefficient (Wildman–Crippen LogP) is 4.60. The van der Waals surface area contributed by atoms with Gasteiger partial charge >= 0.3 is 5.97 Å². The Balaban J connectivity index is 1.59. The number of hydrogen-bond acceptors (Lipinski definition) is 6. The summed E-state index contributed by atoms with van der Waals surface area (Å²) in [6, 6.07) is 10.2. The van der Waals surface area contributed by atoms with Gasteiger partial charge in [0.25, 0.3) is 0 Å². The number of benzene rings is 1. The topological polar surface area (TPSA) is 73.2 Å². The molecule has 2 aromatic heterocycles. The highest BCUT2D eigenvalue weighted by molar-refractivity contribution is 7.12. The van der Waals surface area contributed by atoms with Crippen LogP contribution in [0.15, 0.2) is 59.2 Å². The molecule has 32 heavy (non-hydrogen) atoms. The Morgan fingerprint density at radius 1 is 1.28 bits per heavy atom. The second kappa shape index (κ2) is 8.06. The van der Waals surface area contributed by atoms with Crippen molar-refractivity contribution in [3.63, 3.8) is 0 Å². The average Bonchev–Trinajstić information content (AvgIpc) is 3.36. The quantitative estimate of drug-likeness (QED) is 0.592. The largest absolute Gasteiger partial charge is 0.466 e. The van der Waals surface area contributed by atoms with E-state index in [2.05, 4.69) is 33.9 Å². The Morgan fingerprint density at radius 3 is 2.91 bits per heavy atom. The molecule has 0 saturated carbocycles. The number of imidazole rings is 1. The number of carbonyl (C=O) groups excluding carboxylic acids is 2. The number of esters is 1. The normalized spacial score (nSPS) is 18.7. The summed E-state index contributed by atoms with van der Waals surface area (Å²) in [4.78, 5) is 32.4. The predicted molar refractivity (Wildman–Crippen MR) is 124 cm³/mol. The van der Waals surface area contributed by atoms with Gasteiger partial charge in [0.1, 0.15) is 0 Å². The first kappa shape index (κ1) is 20.7. The Bertz CT molecular complexity index is 1310. The fourth-order valence-corrected chi connectivity index (χ4v) is 5.98. The first-order valence-corrected chi connectivity index (χ1v) is 11.6. The summed E-state index contributed by atoms with van der Waals surface area (Å²) in [5.41, 5.74) is 6.19. The van der Waals surface area contributed by atoms with Crippen LogP contribution in [0.4, 0.5) is 0 Å². The molecule has 0 spiro atoms. The van der Waals surface area contributed by atoms with Gasteiger partial charge in [-0.1, -0.05) is 12.1 Å². The van der Waals surface area contributed by atoms with E-state index >= 15 is 0 Å². The maximum Gasteiger partial charge on any atom is 0.336 e. The summed E-state index contributed by atoms with van der Waals surface area (Å²) in [5, 5.41) is 3.32. The summed E-state index contributed by atoms with van der Waals surface area (Å²) in [7, 11) is 1.39. The van der Waals surface area contributed by atoms with Crippen molar-refractivity contribution in [3.8, 4) is 0 Å². The third-order valence-electron chi connectivity index (χ3n) is 6.37. The SMILES string of the molecule is COC(=O)C1=C(C)NC2=C(C(=O)CCC2)C1c1cc(Cn2cnc3ccccc32)c(C)s1. The number of nitrogens with one attached hydrogen (secondary N) is 1. The van der Waals surface area contributed by atoms with Crippen molar-refractivity contribution in [2.75, 3.05) is 7.11 Å². The minimum Gasteiger partial charge on any atom is -0.466 e. The van der Waals surface area contributed by atoms with Crippen LogP contribution >= 0.6 is 11.3 Å². The van der Waals surface area contributed by atoms with Crippen LogP contribution in [0.1, 0.15) is 47.4 Å². The molecule has 1 atom stereocenters. The maximum absolute atomic E-state index is 13.0. The molecule has 1 aliphatic heterocycles. The van der Waals surface area contributed by atoms with Gasteiger partial charge in [0.2, 0.25) is 0 Å². The number of aryl methyl sites for hydroxylation is 1. The van der Waals surface area contributed by atoms with E-state index in [-0.39, 0.29) is 11.7 Å². The smallest absolute Gasteiger partial charge is 0.336 e. The summed E-state index contributed by atoms with van der Waals surface area (Å²) in [6.07, 6.45) is 4.03. The van der Waals surface area contributed by atoms with Gasteiger partial charge in [-0.3, -0.25) is 4.79 Å². The Labute approximate surface area is 190 Å². The molecule has 0 fully saturated rings. The number of ketones is 1. The lowest BCUT2D eigenvalue weighted by atomic mass is 9.78. The monoisotopic (exact) mass is 447 g/mol. The molecular weight excluding hydrogens is 422 g/mol.